The zero-order chi connectivity index (χ0) is 36.0. The molecular weight excluding hydrogens is 636 g/mol. The van der Waals surface area contributed by atoms with Crippen molar-refractivity contribution >= 4 is 39.6 Å². The number of carbonyl (C=O) groups excluding carboxylic acids is 5. The molecule has 0 bridgehead atoms. The number of Topliss-reactive ketones (excluding diaryl/α,β-unsaturated/α-hetero) is 1. The first-order valence-electron chi connectivity index (χ1n) is 17.3. The summed E-state index contributed by atoms with van der Waals surface area (Å²) < 4.78 is 26.5. The van der Waals surface area contributed by atoms with Crippen molar-refractivity contribution in [1.29, 1.82) is 0 Å². The third-order valence-electron chi connectivity index (χ3n) is 10.2. The molecule has 3 rings (SSSR count). The van der Waals surface area contributed by atoms with Crippen LogP contribution >= 0.6 is 0 Å². The summed E-state index contributed by atoms with van der Waals surface area (Å²) in [6, 6.07) is -2.85. The first kappa shape index (κ1) is 39.4. The predicted octanol–water partition coefficient (Wildman–Crippen LogP) is 2.32. The molecule has 5 amide bonds. The lowest BCUT2D eigenvalue weighted by Crippen LogP contribution is -2.61. The van der Waals surface area contributed by atoms with Gasteiger partial charge in [0.25, 0.3) is 5.91 Å². The normalized spacial score (nSPS) is 23.2. The molecule has 1 aliphatic heterocycles. The number of amides is 5. The van der Waals surface area contributed by atoms with E-state index in [-0.39, 0.29) is 36.8 Å². The number of likely N-dealkylation sites (tertiary alicyclic amines) is 1. The average molecular weight is 695 g/mol. The molecule has 0 spiro atoms. The van der Waals surface area contributed by atoms with Crippen molar-refractivity contribution in [2.75, 3.05) is 33.2 Å². The molecule has 2 saturated carbocycles. The molecule has 48 heavy (non-hydrogen) atoms. The molecule has 272 valence electrons. The van der Waals surface area contributed by atoms with Gasteiger partial charge in [0.2, 0.25) is 27.6 Å². The van der Waals surface area contributed by atoms with E-state index in [9.17, 15) is 32.4 Å². The Bertz CT molecular complexity index is 1320. The summed E-state index contributed by atoms with van der Waals surface area (Å²) >= 11 is 0. The van der Waals surface area contributed by atoms with Crippen LogP contribution in [-0.4, -0.2) is 103 Å². The maximum absolute atomic E-state index is 14.5. The second-order valence-electron chi connectivity index (χ2n) is 15.7. The molecule has 3 fully saturated rings. The van der Waals surface area contributed by atoms with Crippen LogP contribution in [0.4, 0.5) is 4.79 Å². The fraction of sp³-hybridized carbons (Fsp3) is 0.794. The van der Waals surface area contributed by atoms with E-state index in [1.54, 1.807) is 25.7 Å². The van der Waals surface area contributed by atoms with Gasteiger partial charge >= 0.3 is 6.03 Å². The Balaban J connectivity index is 1.81. The number of hydrogen-bond donors (Lipinski definition) is 4. The van der Waals surface area contributed by atoms with Crippen molar-refractivity contribution in [3.63, 3.8) is 0 Å². The molecule has 3 aliphatic rings. The fourth-order valence-corrected chi connectivity index (χ4v) is 8.49. The summed E-state index contributed by atoms with van der Waals surface area (Å²) in [4.78, 5) is 67.8. The minimum Gasteiger partial charge on any atom is -0.347 e. The van der Waals surface area contributed by atoms with E-state index in [4.69, 9.17) is 0 Å². The molecule has 1 saturated heterocycles. The van der Waals surface area contributed by atoms with Crippen LogP contribution in [0.5, 0.6) is 0 Å². The number of carbonyl (C=O) groups is 5. The van der Waals surface area contributed by atoms with Crippen molar-refractivity contribution in [2.24, 2.45) is 23.2 Å². The second kappa shape index (κ2) is 16.1. The van der Waals surface area contributed by atoms with Gasteiger partial charge < -0.3 is 26.2 Å². The highest BCUT2D eigenvalue weighted by molar-refractivity contribution is 7.90. The first-order valence-corrected chi connectivity index (χ1v) is 18.8. The first-order chi connectivity index (χ1) is 22.3. The molecule has 0 aromatic heterocycles. The quantitative estimate of drug-likeness (QED) is 0.169. The van der Waals surface area contributed by atoms with Gasteiger partial charge in [-0.15, -0.1) is 6.58 Å². The van der Waals surface area contributed by atoms with Gasteiger partial charge in [0.1, 0.15) is 12.1 Å². The Morgan fingerprint density at radius 3 is 2.15 bits per heavy atom. The lowest BCUT2D eigenvalue weighted by Gasteiger charge is -2.38. The number of rotatable bonds is 13. The van der Waals surface area contributed by atoms with Gasteiger partial charge in [-0.05, 0) is 69.6 Å². The number of urea groups is 1. The van der Waals surface area contributed by atoms with Crippen LogP contribution in [0.2, 0.25) is 0 Å². The number of ketones is 1. The zero-order valence-electron chi connectivity index (χ0n) is 29.9. The Morgan fingerprint density at radius 2 is 1.56 bits per heavy atom. The number of fused-ring (bicyclic) bond motifs is 1. The van der Waals surface area contributed by atoms with Gasteiger partial charge in [-0.2, -0.15) is 0 Å². The van der Waals surface area contributed by atoms with Gasteiger partial charge in [-0.1, -0.05) is 52.5 Å². The maximum atomic E-state index is 14.5. The molecule has 0 radical (unpaired) electrons. The molecule has 0 aromatic rings. The molecule has 13 nitrogen and oxygen atoms in total. The summed E-state index contributed by atoms with van der Waals surface area (Å²) in [5.41, 5.74) is -0.515. The van der Waals surface area contributed by atoms with Crippen molar-refractivity contribution in [2.45, 2.75) is 116 Å². The van der Waals surface area contributed by atoms with Crippen molar-refractivity contribution in [1.82, 2.24) is 30.5 Å². The number of hydrogen-bond acceptors (Lipinski definition) is 7. The minimum atomic E-state index is -3.66. The monoisotopic (exact) mass is 694 g/mol. The zero-order valence-corrected chi connectivity index (χ0v) is 30.7. The molecule has 14 heteroatoms. The maximum Gasteiger partial charge on any atom is 0.315 e. The largest absolute Gasteiger partial charge is 0.347 e. The van der Waals surface area contributed by atoms with Crippen LogP contribution in [0.25, 0.3) is 0 Å². The SMILES string of the molecule is C=CCNC(=O)C(=O)CNC(=O)[C@@H]1[C@H]2CCC[C@H]2CN1C(=O)[C@@H](NC(=O)N[C@H](CN(C)S(=O)(=O)C(C)(C)C)C(C)(C)C)C1CCCCC1. The van der Waals surface area contributed by atoms with E-state index in [2.05, 4.69) is 27.8 Å². The van der Waals surface area contributed by atoms with Crippen molar-refractivity contribution in [3.8, 4) is 0 Å². The van der Waals surface area contributed by atoms with Gasteiger partial charge in [-0.3, -0.25) is 19.2 Å². The molecular formula is C34H58N6O7S. The second-order valence-corrected chi connectivity index (χ2v) is 18.5. The van der Waals surface area contributed by atoms with Gasteiger partial charge in [-0.25, -0.2) is 17.5 Å². The standard InChI is InChI=1S/C34H58N6O7S/c1-9-18-35-29(42)25(41)19-36-30(43)28-24-17-13-16-23(24)20-40(28)31(44)27(22-14-11-10-12-15-22)38-32(45)37-26(33(2,3)4)21-39(8)48(46,47)34(5,6)7/h9,22-24,26-28H,1,10-21H2,2-8H3,(H,35,42)(H,36,43)(H2,37,38,45)/t23-,24-,26+,27-,28-/m0/s1. The average Bonchev–Trinajstić information content (AvgIpc) is 3.61. The van der Waals surface area contributed by atoms with E-state index < -0.39 is 68.5 Å². The highest BCUT2D eigenvalue weighted by Crippen LogP contribution is 2.43. The van der Waals surface area contributed by atoms with E-state index in [1.165, 1.54) is 17.4 Å². The summed E-state index contributed by atoms with van der Waals surface area (Å²) in [6.45, 7) is 14.2. The summed E-state index contributed by atoms with van der Waals surface area (Å²) in [7, 11) is -2.15. The number of nitrogens with one attached hydrogen (secondary N) is 4. The molecule has 0 aromatic carbocycles. The van der Waals surface area contributed by atoms with Gasteiger partial charge in [0.15, 0.2) is 0 Å². The van der Waals surface area contributed by atoms with Crippen LogP contribution in [0.1, 0.15) is 92.9 Å². The van der Waals surface area contributed by atoms with Gasteiger partial charge in [0, 0.05) is 32.7 Å². The van der Waals surface area contributed by atoms with Crippen LogP contribution in [0, 0.1) is 23.2 Å². The molecule has 0 unspecified atom stereocenters. The van der Waals surface area contributed by atoms with Crippen LogP contribution in [0.15, 0.2) is 12.7 Å². The predicted molar refractivity (Wildman–Crippen MR) is 184 cm³/mol. The molecule has 1 heterocycles. The number of likely N-dealkylation sites (N-methyl/N-ethyl adjacent to an activating group) is 1. The third kappa shape index (κ3) is 9.58. The lowest BCUT2D eigenvalue weighted by atomic mass is 9.83. The van der Waals surface area contributed by atoms with Crippen LogP contribution in [0.3, 0.4) is 0 Å². The molecule has 5 atom stereocenters. The van der Waals surface area contributed by atoms with Gasteiger partial charge in [0.05, 0.1) is 11.3 Å². The topological polar surface area (TPSA) is 174 Å². The van der Waals surface area contributed by atoms with E-state index in [0.29, 0.717) is 6.54 Å². The van der Waals surface area contributed by atoms with Crippen molar-refractivity contribution < 1.29 is 32.4 Å². The smallest absolute Gasteiger partial charge is 0.315 e. The Labute approximate surface area is 286 Å². The fourth-order valence-electron chi connectivity index (χ4n) is 7.21. The van der Waals surface area contributed by atoms with E-state index >= 15 is 0 Å². The van der Waals surface area contributed by atoms with Crippen LogP contribution in [-0.2, 0) is 29.2 Å². The molecule has 2 aliphatic carbocycles. The Morgan fingerprint density at radius 1 is 0.917 bits per heavy atom. The third-order valence-corrected chi connectivity index (χ3v) is 12.7. The molecule has 4 N–H and O–H groups in total. The number of sulfonamides is 1. The minimum absolute atomic E-state index is 0.0423. The van der Waals surface area contributed by atoms with E-state index in [0.717, 1.165) is 51.4 Å². The Hall–Kier alpha value is -3.00. The summed E-state index contributed by atoms with van der Waals surface area (Å²) in [5.74, 6) is -2.51. The Kier molecular flexibility index (Phi) is 13.3. The summed E-state index contributed by atoms with van der Waals surface area (Å²) in [5, 5.41) is 10.9. The summed E-state index contributed by atoms with van der Waals surface area (Å²) in [6.07, 6.45) is 8.40. The van der Waals surface area contributed by atoms with Crippen LogP contribution < -0.4 is 21.3 Å². The van der Waals surface area contributed by atoms with E-state index in [1.807, 2.05) is 20.8 Å². The highest BCUT2D eigenvalue weighted by Gasteiger charge is 2.51. The lowest BCUT2D eigenvalue weighted by molar-refractivity contribution is -0.143. The highest BCUT2D eigenvalue weighted by atomic mass is 32.2. The van der Waals surface area contributed by atoms with Crippen molar-refractivity contribution in [3.05, 3.63) is 12.7 Å². The number of nitrogens with zero attached hydrogens (tertiary/aromatic N) is 2.